The van der Waals surface area contributed by atoms with Gasteiger partial charge in [0.15, 0.2) is 6.29 Å². The predicted molar refractivity (Wildman–Crippen MR) is 151 cm³/mol. The molecule has 230 valence electrons. The molecule has 0 radical (unpaired) electrons. The van der Waals surface area contributed by atoms with Crippen LogP contribution in [0.3, 0.4) is 0 Å². The first-order chi connectivity index (χ1) is 19.1. The molecule has 0 N–H and O–H groups in total. The van der Waals surface area contributed by atoms with Gasteiger partial charge < -0.3 is 14.2 Å². The molecule has 6 nitrogen and oxygen atoms in total. The Morgan fingerprint density at radius 2 is 1.73 bits per heavy atom. The number of Topliss-reactive ketones (excluding diaryl/α,β-unsaturated/α-hetero) is 1. The Kier molecular flexibility index (Phi) is 16.1. The molecule has 1 heterocycles. The van der Waals surface area contributed by atoms with Crippen LogP contribution in [-0.4, -0.2) is 48.6 Å². The van der Waals surface area contributed by atoms with Crippen molar-refractivity contribution in [2.45, 2.75) is 154 Å². The third-order valence-electron chi connectivity index (χ3n) is 7.86. The molecule has 3 unspecified atom stereocenters. The SMILES string of the molecule is CCCCCCC(F)(F)C(=O)/C=C/[C@H]1C(OC2CCCCO2)CC(=O)C1CCCCCCCCC(=O)OC(C)C. The van der Waals surface area contributed by atoms with Crippen LogP contribution in [0.5, 0.6) is 0 Å². The van der Waals surface area contributed by atoms with E-state index in [2.05, 4.69) is 0 Å². The molecule has 2 aliphatic rings. The van der Waals surface area contributed by atoms with Crippen LogP contribution in [-0.2, 0) is 28.6 Å². The number of esters is 1. The van der Waals surface area contributed by atoms with Crippen molar-refractivity contribution in [2.75, 3.05) is 6.61 Å². The van der Waals surface area contributed by atoms with E-state index in [4.69, 9.17) is 14.2 Å². The average Bonchev–Trinajstić information content (AvgIpc) is 3.20. The topological polar surface area (TPSA) is 78.9 Å². The third-order valence-corrected chi connectivity index (χ3v) is 7.86. The first-order valence-corrected chi connectivity index (χ1v) is 15.7. The highest BCUT2D eigenvalue weighted by Crippen LogP contribution is 2.38. The van der Waals surface area contributed by atoms with Crippen molar-refractivity contribution in [2.24, 2.45) is 11.8 Å². The highest BCUT2D eigenvalue weighted by molar-refractivity contribution is 5.95. The maximum Gasteiger partial charge on any atom is 0.309 e. The Hall–Kier alpha value is -1.67. The summed E-state index contributed by atoms with van der Waals surface area (Å²) in [5, 5.41) is 0. The minimum absolute atomic E-state index is 0.0675. The monoisotopic (exact) mass is 570 g/mol. The van der Waals surface area contributed by atoms with E-state index in [0.717, 1.165) is 76.7 Å². The molecule has 1 saturated carbocycles. The Morgan fingerprint density at radius 3 is 2.40 bits per heavy atom. The van der Waals surface area contributed by atoms with Gasteiger partial charge in [-0.15, -0.1) is 0 Å². The number of unbranched alkanes of at least 4 members (excludes halogenated alkanes) is 8. The smallest absolute Gasteiger partial charge is 0.309 e. The molecule has 8 heteroatoms. The van der Waals surface area contributed by atoms with Crippen molar-refractivity contribution in [3.8, 4) is 0 Å². The first kappa shape index (κ1) is 34.5. The van der Waals surface area contributed by atoms with E-state index in [1.165, 1.54) is 6.08 Å². The van der Waals surface area contributed by atoms with E-state index in [-0.39, 0.29) is 30.2 Å². The van der Waals surface area contributed by atoms with Crippen LogP contribution in [0.4, 0.5) is 8.78 Å². The number of alkyl halides is 2. The highest BCUT2D eigenvalue weighted by Gasteiger charge is 2.43. The van der Waals surface area contributed by atoms with Gasteiger partial charge in [0.25, 0.3) is 0 Å². The second-order valence-electron chi connectivity index (χ2n) is 11.8. The lowest BCUT2D eigenvalue weighted by atomic mass is 9.88. The molecule has 2 fully saturated rings. The van der Waals surface area contributed by atoms with Crippen molar-refractivity contribution >= 4 is 17.5 Å². The molecule has 1 saturated heterocycles. The van der Waals surface area contributed by atoms with Crippen LogP contribution in [0.15, 0.2) is 12.2 Å². The number of ether oxygens (including phenoxy) is 3. The van der Waals surface area contributed by atoms with E-state index in [9.17, 15) is 23.2 Å². The van der Waals surface area contributed by atoms with Crippen molar-refractivity contribution in [3.05, 3.63) is 12.2 Å². The second kappa shape index (κ2) is 18.7. The van der Waals surface area contributed by atoms with Gasteiger partial charge in [0.05, 0.1) is 12.2 Å². The van der Waals surface area contributed by atoms with Crippen molar-refractivity contribution in [1.29, 1.82) is 0 Å². The van der Waals surface area contributed by atoms with Crippen molar-refractivity contribution in [1.82, 2.24) is 0 Å². The Labute approximate surface area is 240 Å². The molecule has 1 aliphatic heterocycles. The largest absolute Gasteiger partial charge is 0.463 e. The summed E-state index contributed by atoms with van der Waals surface area (Å²) in [7, 11) is 0. The first-order valence-electron chi connectivity index (χ1n) is 15.7. The van der Waals surface area contributed by atoms with Gasteiger partial charge in [-0.1, -0.05) is 64.4 Å². The van der Waals surface area contributed by atoms with Crippen LogP contribution < -0.4 is 0 Å². The minimum atomic E-state index is -3.39. The zero-order chi connectivity index (χ0) is 29.4. The van der Waals surface area contributed by atoms with E-state index in [1.54, 1.807) is 0 Å². The minimum Gasteiger partial charge on any atom is -0.463 e. The van der Waals surface area contributed by atoms with Crippen LogP contribution in [0.25, 0.3) is 0 Å². The van der Waals surface area contributed by atoms with Crippen LogP contribution in [0.2, 0.25) is 0 Å². The fraction of sp³-hybridized carbons (Fsp3) is 0.844. The summed E-state index contributed by atoms with van der Waals surface area (Å²) < 4.78 is 46.0. The molecule has 0 bridgehead atoms. The molecule has 40 heavy (non-hydrogen) atoms. The summed E-state index contributed by atoms with van der Waals surface area (Å²) in [6.45, 7) is 6.30. The molecule has 0 spiro atoms. The van der Waals surface area contributed by atoms with Gasteiger partial charge in [-0.3, -0.25) is 14.4 Å². The number of rotatable bonds is 20. The standard InChI is InChI=1S/C32H52F2O6/c1-4-5-6-14-21-32(33,34)29(36)20-19-26-25(27(35)23-28(26)40-31-18-13-15-22-38-31)16-11-9-7-8-10-12-17-30(37)39-24(2)3/h19-20,24-26,28,31H,4-18,21-23H2,1-3H3/b20-19+/t25?,26-,28?,31?/m1/s1. The van der Waals surface area contributed by atoms with E-state index in [0.29, 0.717) is 32.3 Å². The quantitative estimate of drug-likeness (QED) is 0.0841. The summed E-state index contributed by atoms with van der Waals surface area (Å²) in [6.07, 6.45) is 13.5. The van der Waals surface area contributed by atoms with Gasteiger partial charge in [0, 0.05) is 37.7 Å². The number of carbonyl (C=O) groups is 3. The molecule has 0 aromatic carbocycles. The zero-order valence-corrected chi connectivity index (χ0v) is 25.0. The second-order valence-corrected chi connectivity index (χ2v) is 11.8. The van der Waals surface area contributed by atoms with E-state index < -0.39 is 36.4 Å². The Balaban J connectivity index is 1.88. The van der Waals surface area contributed by atoms with Crippen LogP contribution in [0, 0.1) is 11.8 Å². The summed E-state index contributed by atoms with van der Waals surface area (Å²) in [4.78, 5) is 37.1. The predicted octanol–water partition coefficient (Wildman–Crippen LogP) is 7.91. The fourth-order valence-corrected chi connectivity index (χ4v) is 5.60. The molecular weight excluding hydrogens is 518 g/mol. The lowest BCUT2D eigenvalue weighted by Gasteiger charge is -2.28. The lowest BCUT2D eigenvalue weighted by Crippen LogP contribution is -2.31. The number of ketones is 2. The normalized spacial score (nSPS) is 23.8. The van der Waals surface area contributed by atoms with E-state index in [1.807, 2.05) is 20.8 Å². The number of hydrogen-bond donors (Lipinski definition) is 0. The third kappa shape index (κ3) is 12.9. The summed E-state index contributed by atoms with van der Waals surface area (Å²) >= 11 is 0. The molecule has 4 atom stereocenters. The van der Waals surface area contributed by atoms with Gasteiger partial charge >= 0.3 is 11.9 Å². The molecule has 1 aliphatic carbocycles. The molecule has 0 aromatic rings. The highest BCUT2D eigenvalue weighted by atomic mass is 19.3. The van der Waals surface area contributed by atoms with E-state index >= 15 is 0 Å². The summed E-state index contributed by atoms with van der Waals surface area (Å²) in [5.41, 5.74) is 0. The van der Waals surface area contributed by atoms with Gasteiger partial charge in [-0.25, -0.2) is 0 Å². The fourth-order valence-electron chi connectivity index (χ4n) is 5.60. The molecule has 0 aromatic heterocycles. The van der Waals surface area contributed by atoms with Gasteiger partial charge in [0.1, 0.15) is 5.78 Å². The average molecular weight is 571 g/mol. The van der Waals surface area contributed by atoms with Gasteiger partial charge in [-0.05, 0) is 58.4 Å². The number of carbonyl (C=O) groups excluding carboxylic acids is 3. The summed E-state index contributed by atoms with van der Waals surface area (Å²) in [5.74, 6) is -5.43. The molecular formula is C32H52F2O6. The number of allylic oxidation sites excluding steroid dienone is 1. The summed E-state index contributed by atoms with van der Waals surface area (Å²) in [6, 6.07) is 0. The number of hydrogen-bond acceptors (Lipinski definition) is 6. The van der Waals surface area contributed by atoms with Gasteiger partial charge in [-0.2, -0.15) is 8.78 Å². The van der Waals surface area contributed by atoms with Crippen molar-refractivity contribution < 1.29 is 37.4 Å². The Morgan fingerprint density at radius 1 is 1.02 bits per heavy atom. The Bertz CT molecular complexity index is 790. The van der Waals surface area contributed by atoms with Gasteiger partial charge in [0.2, 0.25) is 5.78 Å². The maximum atomic E-state index is 14.5. The maximum absolute atomic E-state index is 14.5. The molecule has 0 amide bonds. The zero-order valence-electron chi connectivity index (χ0n) is 25.0. The number of halogens is 2. The molecule has 2 rings (SSSR count). The van der Waals surface area contributed by atoms with Crippen LogP contribution >= 0.6 is 0 Å². The lowest BCUT2D eigenvalue weighted by molar-refractivity contribution is -0.192. The van der Waals surface area contributed by atoms with Crippen molar-refractivity contribution in [3.63, 3.8) is 0 Å². The van der Waals surface area contributed by atoms with Crippen LogP contribution in [0.1, 0.15) is 130 Å².